The number of carbonyl (C=O) groups excluding carboxylic acids is 1. The van der Waals surface area contributed by atoms with Gasteiger partial charge in [-0.1, -0.05) is 30.3 Å². The molecule has 4 rings (SSSR count). The van der Waals surface area contributed by atoms with Gasteiger partial charge < -0.3 is 9.64 Å². The summed E-state index contributed by atoms with van der Waals surface area (Å²) in [6.45, 7) is 5.91. The van der Waals surface area contributed by atoms with Gasteiger partial charge >= 0.3 is 0 Å². The van der Waals surface area contributed by atoms with Crippen molar-refractivity contribution in [3.63, 3.8) is 0 Å². The van der Waals surface area contributed by atoms with Crippen molar-refractivity contribution in [1.29, 1.82) is 0 Å². The molecule has 0 spiro atoms. The van der Waals surface area contributed by atoms with Crippen molar-refractivity contribution in [3.8, 4) is 0 Å². The number of fused-ring (bicyclic) bond motifs is 1. The van der Waals surface area contributed by atoms with Gasteiger partial charge in [-0.15, -0.1) is 0 Å². The Hall–Kier alpha value is -2.18. The van der Waals surface area contributed by atoms with E-state index < -0.39 is 0 Å². The highest BCUT2D eigenvalue weighted by Gasteiger charge is 2.41. The molecular formula is C19H24N4O2. The summed E-state index contributed by atoms with van der Waals surface area (Å²) in [6, 6.07) is 12.7. The van der Waals surface area contributed by atoms with Gasteiger partial charge in [-0.25, -0.2) is 0 Å². The number of hydrogen-bond donors (Lipinski definition) is 1. The molecule has 132 valence electrons. The molecule has 2 saturated heterocycles. The standard InChI is InChI=1S/C19H24N4O2/c1-14-9-16(21-20-14)10-19(24)23-12-17-18(13-23)25-8-7-22(17)11-15-5-3-2-4-6-15/h2-6,9,17-18H,7-8,10-13H2,1H3,(H,20,21)/t17-,18-/m0/s1. The van der Waals surface area contributed by atoms with Crippen LogP contribution in [0.3, 0.4) is 0 Å². The van der Waals surface area contributed by atoms with Crippen LogP contribution in [0.4, 0.5) is 0 Å². The number of ether oxygens (including phenoxy) is 1. The lowest BCUT2D eigenvalue weighted by Crippen LogP contribution is -2.50. The number of aromatic nitrogens is 2. The maximum atomic E-state index is 12.6. The van der Waals surface area contributed by atoms with Gasteiger partial charge in [0.05, 0.1) is 30.9 Å². The molecule has 2 aromatic rings. The topological polar surface area (TPSA) is 61.5 Å². The average molecular weight is 340 g/mol. The molecule has 0 saturated carbocycles. The van der Waals surface area contributed by atoms with E-state index in [0.717, 1.165) is 37.6 Å². The Balaban J connectivity index is 1.40. The smallest absolute Gasteiger partial charge is 0.228 e. The lowest BCUT2D eigenvalue weighted by atomic mass is 10.1. The third-order valence-corrected chi connectivity index (χ3v) is 5.09. The number of rotatable bonds is 4. The fourth-order valence-corrected chi connectivity index (χ4v) is 3.81. The number of likely N-dealkylation sites (tertiary alicyclic amines) is 1. The first-order chi connectivity index (χ1) is 12.2. The fourth-order valence-electron chi connectivity index (χ4n) is 3.81. The van der Waals surface area contributed by atoms with Crippen LogP contribution >= 0.6 is 0 Å². The van der Waals surface area contributed by atoms with Crippen molar-refractivity contribution < 1.29 is 9.53 Å². The Labute approximate surface area is 147 Å². The third-order valence-electron chi connectivity index (χ3n) is 5.09. The zero-order valence-electron chi connectivity index (χ0n) is 14.5. The van der Waals surface area contributed by atoms with Gasteiger partial charge in [0.1, 0.15) is 0 Å². The molecule has 0 radical (unpaired) electrons. The highest BCUT2D eigenvalue weighted by molar-refractivity contribution is 5.78. The zero-order valence-corrected chi connectivity index (χ0v) is 14.5. The summed E-state index contributed by atoms with van der Waals surface area (Å²) in [6.07, 6.45) is 0.463. The molecule has 25 heavy (non-hydrogen) atoms. The highest BCUT2D eigenvalue weighted by atomic mass is 16.5. The molecule has 2 aliphatic heterocycles. The summed E-state index contributed by atoms with van der Waals surface area (Å²) in [4.78, 5) is 17.0. The lowest BCUT2D eigenvalue weighted by molar-refractivity contribution is -0.130. The third kappa shape index (κ3) is 3.60. The molecule has 1 aromatic carbocycles. The number of nitrogens with zero attached hydrogens (tertiary/aromatic N) is 3. The van der Waals surface area contributed by atoms with Gasteiger partial charge in [-0.3, -0.25) is 14.8 Å². The number of nitrogens with one attached hydrogen (secondary N) is 1. The maximum Gasteiger partial charge on any atom is 0.228 e. The van der Waals surface area contributed by atoms with Crippen molar-refractivity contribution in [2.75, 3.05) is 26.2 Å². The van der Waals surface area contributed by atoms with Gasteiger partial charge in [0.25, 0.3) is 0 Å². The van der Waals surface area contributed by atoms with E-state index in [1.54, 1.807) is 0 Å². The van der Waals surface area contributed by atoms with E-state index in [-0.39, 0.29) is 18.1 Å². The second kappa shape index (κ2) is 6.98. The lowest BCUT2D eigenvalue weighted by Gasteiger charge is -2.36. The quantitative estimate of drug-likeness (QED) is 0.913. The largest absolute Gasteiger partial charge is 0.373 e. The average Bonchev–Trinajstić information content (AvgIpc) is 3.22. The Morgan fingerprint density at radius 2 is 2.16 bits per heavy atom. The summed E-state index contributed by atoms with van der Waals surface area (Å²) < 4.78 is 5.95. The number of aromatic amines is 1. The summed E-state index contributed by atoms with van der Waals surface area (Å²) in [7, 11) is 0. The number of benzene rings is 1. The van der Waals surface area contributed by atoms with E-state index in [4.69, 9.17) is 4.74 Å². The molecule has 2 aliphatic rings. The predicted molar refractivity (Wildman–Crippen MR) is 94.0 cm³/mol. The molecule has 3 heterocycles. The van der Waals surface area contributed by atoms with Crippen LogP contribution in [0.2, 0.25) is 0 Å². The Morgan fingerprint density at radius 1 is 1.32 bits per heavy atom. The Bertz CT molecular complexity index is 730. The van der Waals surface area contributed by atoms with E-state index in [2.05, 4.69) is 39.4 Å². The van der Waals surface area contributed by atoms with Gasteiger partial charge in [-0.2, -0.15) is 5.10 Å². The molecule has 1 aromatic heterocycles. The van der Waals surface area contributed by atoms with Crippen LogP contribution in [-0.4, -0.2) is 64.3 Å². The summed E-state index contributed by atoms with van der Waals surface area (Å²) >= 11 is 0. The maximum absolute atomic E-state index is 12.6. The van der Waals surface area contributed by atoms with Crippen LogP contribution in [0, 0.1) is 6.92 Å². The molecule has 1 amide bonds. The molecule has 2 fully saturated rings. The first-order valence-electron chi connectivity index (χ1n) is 8.87. The van der Waals surface area contributed by atoms with Gasteiger partial charge in [0, 0.05) is 31.9 Å². The SMILES string of the molecule is Cc1cc(CC(=O)N2C[C@@H]3OCCN(Cc4ccccc4)[C@H]3C2)n[nH]1. The van der Waals surface area contributed by atoms with Crippen molar-refractivity contribution in [2.45, 2.75) is 32.0 Å². The number of H-pyrrole nitrogens is 1. The second-order valence-corrected chi connectivity index (χ2v) is 6.95. The highest BCUT2D eigenvalue weighted by Crippen LogP contribution is 2.25. The molecule has 6 heteroatoms. The molecule has 6 nitrogen and oxygen atoms in total. The number of hydrogen-bond acceptors (Lipinski definition) is 4. The zero-order chi connectivity index (χ0) is 17.2. The van der Waals surface area contributed by atoms with Crippen LogP contribution < -0.4 is 0 Å². The summed E-state index contributed by atoms with van der Waals surface area (Å²) in [5.74, 6) is 0.129. The van der Waals surface area contributed by atoms with Crippen LogP contribution in [-0.2, 0) is 22.5 Å². The van der Waals surface area contributed by atoms with Crippen molar-refractivity contribution >= 4 is 5.91 Å². The first kappa shape index (κ1) is 16.3. The number of morpholine rings is 1. The van der Waals surface area contributed by atoms with E-state index in [0.29, 0.717) is 13.0 Å². The number of amides is 1. The molecule has 0 unspecified atom stereocenters. The van der Waals surface area contributed by atoms with E-state index in [9.17, 15) is 4.79 Å². The van der Waals surface area contributed by atoms with Crippen LogP contribution in [0.5, 0.6) is 0 Å². The summed E-state index contributed by atoms with van der Waals surface area (Å²) in [5, 5.41) is 7.07. The minimum absolute atomic E-state index is 0.113. The Kier molecular flexibility index (Phi) is 4.55. The number of aryl methyl sites for hydroxylation is 1. The molecule has 1 N–H and O–H groups in total. The van der Waals surface area contributed by atoms with Crippen LogP contribution in [0.1, 0.15) is 17.0 Å². The van der Waals surface area contributed by atoms with Crippen LogP contribution in [0.25, 0.3) is 0 Å². The normalized spacial score (nSPS) is 23.6. The van der Waals surface area contributed by atoms with E-state index in [1.165, 1.54) is 5.56 Å². The van der Waals surface area contributed by atoms with Crippen molar-refractivity contribution in [1.82, 2.24) is 20.0 Å². The molecule has 0 aliphatic carbocycles. The van der Waals surface area contributed by atoms with Crippen molar-refractivity contribution in [3.05, 3.63) is 53.3 Å². The van der Waals surface area contributed by atoms with Crippen molar-refractivity contribution in [2.24, 2.45) is 0 Å². The number of carbonyl (C=O) groups is 1. The van der Waals surface area contributed by atoms with Gasteiger partial charge in [0.2, 0.25) is 5.91 Å². The molecule has 0 bridgehead atoms. The van der Waals surface area contributed by atoms with E-state index >= 15 is 0 Å². The summed E-state index contributed by atoms with van der Waals surface area (Å²) in [5.41, 5.74) is 3.09. The Morgan fingerprint density at radius 3 is 2.92 bits per heavy atom. The minimum Gasteiger partial charge on any atom is -0.373 e. The van der Waals surface area contributed by atoms with E-state index in [1.807, 2.05) is 24.0 Å². The second-order valence-electron chi connectivity index (χ2n) is 6.95. The first-order valence-corrected chi connectivity index (χ1v) is 8.87. The predicted octanol–water partition coefficient (Wildman–Crippen LogP) is 1.37. The monoisotopic (exact) mass is 340 g/mol. The molecule has 2 atom stereocenters. The van der Waals surface area contributed by atoms with Gasteiger partial charge in [-0.05, 0) is 18.6 Å². The van der Waals surface area contributed by atoms with Gasteiger partial charge in [0.15, 0.2) is 0 Å². The fraction of sp³-hybridized carbons (Fsp3) is 0.474. The minimum atomic E-state index is 0.113. The molecular weight excluding hydrogens is 316 g/mol. The van der Waals surface area contributed by atoms with Crippen LogP contribution in [0.15, 0.2) is 36.4 Å².